The monoisotopic (exact) mass is 468 g/mol. The van der Waals surface area contributed by atoms with Gasteiger partial charge in [0.1, 0.15) is 23.0 Å². The number of rotatable bonds is 7. The summed E-state index contributed by atoms with van der Waals surface area (Å²) in [5, 5.41) is 40.9. The molecule has 0 radical (unpaired) electrons. The maximum Gasteiger partial charge on any atom is 0.118 e. The van der Waals surface area contributed by atoms with E-state index < -0.39 is 5.41 Å². The average molecular weight is 469 g/mol. The first kappa shape index (κ1) is 24.2. The van der Waals surface area contributed by atoms with Crippen LogP contribution in [0.25, 0.3) is 0 Å². The molecule has 35 heavy (non-hydrogen) atoms. The number of phenolic OH excluding ortho intramolecular Hbond substituents is 4. The molecule has 4 aromatic carbocycles. The molecular weight excluding hydrogens is 436 g/mol. The Bertz CT molecular complexity index is 1210. The van der Waals surface area contributed by atoms with Crippen LogP contribution in [0.3, 0.4) is 0 Å². The van der Waals surface area contributed by atoms with E-state index in [1.807, 2.05) is 50.2 Å². The molecule has 0 fully saturated rings. The molecule has 4 N–H and O–H groups in total. The zero-order valence-electron chi connectivity index (χ0n) is 20.4. The lowest BCUT2D eigenvalue weighted by molar-refractivity contribution is 0.458. The third-order valence-corrected chi connectivity index (χ3v) is 7.15. The Morgan fingerprint density at radius 3 is 1.29 bits per heavy atom. The van der Waals surface area contributed by atoms with Crippen molar-refractivity contribution in [1.29, 1.82) is 0 Å². The summed E-state index contributed by atoms with van der Waals surface area (Å²) >= 11 is 0. The van der Waals surface area contributed by atoms with E-state index >= 15 is 0 Å². The first-order valence-electron chi connectivity index (χ1n) is 12.0. The summed E-state index contributed by atoms with van der Waals surface area (Å²) in [4.78, 5) is 0. The molecule has 0 unspecified atom stereocenters. The quantitative estimate of drug-likeness (QED) is 0.241. The van der Waals surface area contributed by atoms with Crippen LogP contribution in [0.4, 0.5) is 0 Å². The van der Waals surface area contributed by atoms with Crippen LogP contribution in [0, 0.1) is 0 Å². The van der Waals surface area contributed by atoms with Crippen LogP contribution in [0.2, 0.25) is 0 Å². The van der Waals surface area contributed by atoms with Crippen LogP contribution in [0.1, 0.15) is 60.1 Å². The minimum Gasteiger partial charge on any atom is -0.508 e. The highest BCUT2D eigenvalue weighted by Crippen LogP contribution is 2.49. The average Bonchev–Trinajstić information content (AvgIpc) is 2.87. The Labute approximate surface area is 206 Å². The van der Waals surface area contributed by atoms with E-state index in [1.54, 1.807) is 36.4 Å². The van der Waals surface area contributed by atoms with Crippen molar-refractivity contribution in [2.45, 2.75) is 44.9 Å². The minimum atomic E-state index is -0.622. The molecule has 4 rings (SSSR count). The molecule has 0 atom stereocenters. The first-order chi connectivity index (χ1) is 16.8. The van der Waals surface area contributed by atoms with Crippen LogP contribution in [0.5, 0.6) is 23.0 Å². The molecule has 0 aromatic heterocycles. The van der Waals surface area contributed by atoms with Gasteiger partial charge in [-0.3, -0.25) is 0 Å². The molecule has 0 bridgehead atoms. The van der Waals surface area contributed by atoms with Crippen molar-refractivity contribution in [2.75, 3.05) is 0 Å². The fourth-order valence-electron chi connectivity index (χ4n) is 5.08. The van der Waals surface area contributed by atoms with Gasteiger partial charge in [0.2, 0.25) is 0 Å². The van der Waals surface area contributed by atoms with Crippen molar-refractivity contribution in [2.24, 2.45) is 0 Å². The van der Waals surface area contributed by atoms with Crippen molar-refractivity contribution in [3.63, 3.8) is 0 Å². The minimum absolute atomic E-state index is 0.190. The van der Waals surface area contributed by atoms with Gasteiger partial charge in [0.25, 0.3) is 0 Å². The van der Waals surface area contributed by atoms with Gasteiger partial charge in [-0.2, -0.15) is 0 Å². The van der Waals surface area contributed by atoms with E-state index in [0.29, 0.717) is 12.8 Å². The van der Waals surface area contributed by atoms with Gasteiger partial charge in [-0.15, -0.1) is 0 Å². The summed E-state index contributed by atoms with van der Waals surface area (Å²) in [5.74, 6) is 0.715. The van der Waals surface area contributed by atoms with Gasteiger partial charge in [-0.1, -0.05) is 69.3 Å². The number of benzene rings is 4. The Morgan fingerprint density at radius 1 is 0.571 bits per heavy atom. The number of hydrogen-bond donors (Lipinski definition) is 4. The molecule has 0 heterocycles. The summed E-state index contributed by atoms with van der Waals surface area (Å²) in [6, 6.07) is 26.0. The highest BCUT2D eigenvalue weighted by atomic mass is 16.3. The van der Waals surface area contributed by atoms with E-state index in [1.165, 1.54) is 0 Å². The molecule has 0 saturated carbocycles. The van der Waals surface area contributed by atoms with Gasteiger partial charge in [-0.25, -0.2) is 0 Å². The first-order valence-corrected chi connectivity index (χ1v) is 12.0. The van der Waals surface area contributed by atoms with E-state index in [0.717, 1.165) is 33.4 Å². The topological polar surface area (TPSA) is 80.9 Å². The number of aromatic hydroxyl groups is 4. The predicted molar refractivity (Wildman–Crippen MR) is 139 cm³/mol. The Kier molecular flexibility index (Phi) is 6.74. The van der Waals surface area contributed by atoms with Crippen LogP contribution in [0.15, 0.2) is 84.9 Å². The lowest BCUT2D eigenvalue weighted by Gasteiger charge is -2.40. The van der Waals surface area contributed by atoms with Crippen molar-refractivity contribution >= 4 is 0 Å². The molecular formula is C31H32O4. The van der Waals surface area contributed by atoms with Crippen molar-refractivity contribution in [3.8, 4) is 23.0 Å². The van der Waals surface area contributed by atoms with Crippen LogP contribution in [-0.2, 0) is 18.3 Å². The molecule has 4 heteroatoms. The third kappa shape index (κ3) is 4.57. The zero-order valence-corrected chi connectivity index (χ0v) is 20.4. The van der Waals surface area contributed by atoms with Gasteiger partial charge < -0.3 is 20.4 Å². The number of hydrogen-bond acceptors (Lipinski definition) is 4. The van der Waals surface area contributed by atoms with Crippen molar-refractivity contribution < 1.29 is 20.4 Å². The fourth-order valence-corrected chi connectivity index (χ4v) is 5.08. The maximum atomic E-state index is 10.4. The predicted octanol–water partition coefficient (Wildman–Crippen LogP) is 6.77. The third-order valence-electron chi connectivity index (χ3n) is 7.15. The Balaban J connectivity index is 2.07. The van der Waals surface area contributed by atoms with Gasteiger partial charge >= 0.3 is 0 Å². The molecule has 180 valence electrons. The van der Waals surface area contributed by atoms with Crippen LogP contribution < -0.4 is 0 Å². The highest BCUT2D eigenvalue weighted by molar-refractivity contribution is 5.54. The van der Waals surface area contributed by atoms with E-state index in [4.69, 9.17) is 0 Å². The van der Waals surface area contributed by atoms with Crippen LogP contribution >= 0.6 is 0 Å². The van der Waals surface area contributed by atoms with E-state index in [-0.39, 0.29) is 28.9 Å². The smallest absolute Gasteiger partial charge is 0.118 e. The Morgan fingerprint density at radius 2 is 0.943 bits per heavy atom. The summed E-state index contributed by atoms with van der Waals surface area (Å²) in [7, 11) is 0. The standard InChI is InChI=1S/C31H32O4/c1-4-20-18-24(10-16-28(20)34)31(3,25-11-17-29(35)21(5-2)19-25)30(22-6-12-26(32)13-7-22)23-8-14-27(33)15-9-23/h6-19,30,32-35H,4-5H2,1-3H3. The van der Waals surface area contributed by atoms with Gasteiger partial charge in [0, 0.05) is 11.3 Å². The van der Waals surface area contributed by atoms with Crippen molar-refractivity contribution in [1.82, 2.24) is 0 Å². The number of aryl methyl sites for hydroxylation is 2. The van der Waals surface area contributed by atoms with E-state index in [9.17, 15) is 20.4 Å². The van der Waals surface area contributed by atoms with Crippen molar-refractivity contribution in [3.05, 3.63) is 118 Å². The maximum absolute atomic E-state index is 10.4. The van der Waals surface area contributed by atoms with Gasteiger partial charge in [0.15, 0.2) is 0 Å². The largest absolute Gasteiger partial charge is 0.508 e. The van der Waals surface area contributed by atoms with E-state index in [2.05, 4.69) is 19.1 Å². The highest BCUT2D eigenvalue weighted by Gasteiger charge is 2.40. The molecule has 4 nitrogen and oxygen atoms in total. The fraction of sp³-hybridized carbons (Fsp3) is 0.226. The molecule has 0 amide bonds. The normalized spacial score (nSPS) is 11.7. The summed E-state index contributed by atoms with van der Waals surface area (Å²) in [6.45, 7) is 6.21. The molecule has 0 saturated heterocycles. The SMILES string of the molecule is CCc1cc(C(C)(c2ccc(O)c(CC)c2)C(c2ccc(O)cc2)c2ccc(O)cc2)ccc1O. The zero-order chi connectivity index (χ0) is 25.2. The second-order valence-electron chi connectivity index (χ2n) is 9.21. The molecule has 4 aromatic rings. The van der Waals surface area contributed by atoms with Gasteiger partial charge in [0.05, 0.1) is 0 Å². The van der Waals surface area contributed by atoms with Gasteiger partial charge in [-0.05, 0) is 82.6 Å². The number of phenols is 4. The summed E-state index contributed by atoms with van der Waals surface area (Å²) in [6.07, 6.45) is 1.38. The second kappa shape index (κ2) is 9.75. The Hall–Kier alpha value is -3.92. The molecule has 0 aliphatic heterocycles. The second-order valence-corrected chi connectivity index (χ2v) is 9.21. The molecule has 0 aliphatic carbocycles. The molecule has 0 aliphatic rings. The lowest BCUT2D eigenvalue weighted by atomic mass is 9.62. The molecule has 0 spiro atoms. The summed E-state index contributed by atoms with van der Waals surface area (Å²) < 4.78 is 0. The lowest BCUT2D eigenvalue weighted by Crippen LogP contribution is -2.33. The van der Waals surface area contributed by atoms with Crippen LogP contribution in [-0.4, -0.2) is 20.4 Å². The summed E-state index contributed by atoms with van der Waals surface area (Å²) in [5.41, 5.74) is 5.12.